The highest BCUT2D eigenvalue weighted by Crippen LogP contribution is 2.75. The van der Waals surface area contributed by atoms with Crippen LogP contribution in [0.1, 0.15) is 106 Å². The number of carboxylic acid groups (broad SMARTS) is 1. The molecule has 178 valence electrons. The van der Waals surface area contributed by atoms with E-state index >= 15 is 0 Å². The molecule has 3 fully saturated rings. The summed E-state index contributed by atoms with van der Waals surface area (Å²) < 4.78 is 0. The number of allylic oxidation sites excluding steroid dienone is 4. The fraction of sp³-hybridized carbons (Fsp3) is 0.833. The maximum absolute atomic E-state index is 12.8. The smallest absolute Gasteiger partial charge is 0.309 e. The zero-order valence-electron chi connectivity index (χ0n) is 21.7. The second kappa shape index (κ2) is 6.54. The summed E-state index contributed by atoms with van der Waals surface area (Å²) in [6.45, 7) is 17.3. The van der Waals surface area contributed by atoms with Gasteiger partial charge in [-0.2, -0.15) is 0 Å². The summed E-state index contributed by atoms with van der Waals surface area (Å²) >= 11 is 0. The quantitative estimate of drug-likeness (QED) is 0.421. The number of fused-ring (bicyclic) bond motifs is 7. The minimum atomic E-state index is -0.505. The molecule has 0 aromatic rings. The molecule has 32 heavy (non-hydrogen) atoms. The van der Waals surface area contributed by atoms with E-state index in [0.29, 0.717) is 17.8 Å². The van der Waals surface area contributed by atoms with E-state index in [-0.39, 0.29) is 27.1 Å². The predicted octanol–water partition coefficient (Wildman–Crippen LogP) is 8.04. The highest BCUT2D eigenvalue weighted by atomic mass is 16.4. The third-order valence-corrected chi connectivity index (χ3v) is 12.3. The average molecular weight is 439 g/mol. The normalized spacial score (nSPS) is 50.8. The van der Waals surface area contributed by atoms with Gasteiger partial charge in [-0.25, -0.2) is 0 Å². The molecule has 0 bridgehead atoms. The number of hydrogen-bond donors (Lipinski definition) is 1. The van der Waals surface area contributed by atoms with Crippen LogP contribution in [0.4, 0.5) is 0 Å². The highest BCUT2D eigenvalue weighted by Gasteiger charge is 2.68. The van der Waals surface area contributed by atoms with E-state index in [2.05, 4.69) is 66.7 Å². The summed E-state index contributed by atoms with van der Waals surface area (Å²) in [4.78, 5) is 12.8. The molecule has 0 saturated heterocycles. The fourth-order valence-electron chi connectivity index (χ4n) is 10.2. The average Bonchev–Trinajstić information content (AvgIpc) is 2.67. The topological polar surface area (TPSA) is 37.3 Å². The van der Waals surface area contributed by atoms with Gasteiger partial charge in [-0.3, -0.25) is 4.79 Å². The molecule has 0 radical (unpaired) electrons. The molecule has 1 N–H and O–H groups in total. The van der Waals surface area contributed by atoms with Crippen LogP contribution in [-0.2, 0) is 4.79 Å². The molecule has 2 nitrogen and oxygen atoms in total. The Kier molecular flexibility index (Phi) is 4.65. The van der Waals surface area contributed by atoms with Gasteiger partial charge in [-0.05, 0) is 103 Å². The van der Waals surface area contributed by atoms with Crippen molar-refractivity contribution in [1.29, 1.82) is 0 Å². The molecular formula is C30H46O2. The van der Waals surface area contributed by atoms with Crippen molar-refractivity contribution >= 4 is 5.97 Å². The van der Waals surface area contributed by atoms with Crippen LogP contribution in [0.5, 0.6) is 0 Å². The zero-order valence-corrected chi connectivity index (χ0v) is 21.7. The predicted molar refractivity (Wildman–Crippen MR) is 131 cm³/mol. The van der Waals surface area contributed by atoms with Crippen molar-refractivity contribution in [2.45, 2.75) is 106 Å². The number of carbonyl (C=O) groups is 1. The zero-order chi connectivity index (χ0) is 23.4. The molecule has 0 unspecified atom stereocenters. The first-order chi connectivity index (χ1) is 14.7. The molecule has 0 heterocycles. The van der Waals surface area contributed by atoms with Crippen LogP contribution in [-0.4, -0.2) is 11.1 Å². The van der Waals surface area contributed by atoms with Gasteiger partial charge in [0.15, 0.2) is 0 Å². The lowest BCUT2D eigenvalue weighted by molar-refractivity contribution is -0.188. The monoisotopic (exact) mass is 438 g/mol. The molecule has 0 aromatic heterocycles. The van der Waals surface area contributed by atoms with Crippen LogP contribution in [0.2, 0.25) is 0 Å². The Labute approximate surface area is 196 Å². The third kappa shape index (κ3) is 2.67. The summed E-state index contributed by atoms with van der Waals surface area (Å²) in [7, 11) is 0. The Morgan fingerprint density at radius 2 is 1.62 bits per heavy atom. The van der Waals surface area contributed by atoms with E-state index in [1.807, 2.05) is 0 Å². The number of aliphatic carboxylic acids is 1. The van der Waals surface area contributed by atoms with Gasteiger partial charge in [-0.1, -0.05) is 72.3 Å². The summed E-state index contributed by atoms with van der Waals surface area (Å²) in [5, 5.41) is 10.5. The molecule has 5 aliphatic rings. The lowest BCUT2D eigenvalue weighted by atomic mass is 9.34. The first-order valence-corrected chi connectivity index (χ1v) is 13.3. The van der Waals surface area contributed by atoms with E-state index in [1.165, 1.54) is 19.3 Å². The van der Waals surface area contributed by atoms with Crippen LogP contribution in [0.25, 0.3) is 0 Å². The van der Waals surface area contributed by atoms with Crippen LogP contribution in [0.15, 0.2) is 23.8 Å². The maximum Gasteiger partial charge on any atom is 0.309 e. The Morgan fingerprint density at radius 1 is 0.938 bits per heavy atom. The standard InChI is InChI=1S/C30H46O2/c1-25(2)15-17-30(24(31)32)18-16-28(6)20(21(30)19-25)9-10-23-27(5)13-8-12-26(3,4)22(27)11-14-29(23,28)7/h8,10,12,20-22H,9,11,13-19H2,1-7H3,(H,31,32)/t20-,21+,22+,27+,28-,29-,30+/m1/s1. The molecule has 7 atom stereocenters. The first-order valence-electron chi connectivity index (χ1n) is 13.3. The van der Waals surface area contributed by atoms with E-state index in [1.54, 1.807) is 5.57 Å². The van der Waals surface area contributed by atoms with Crippen LogP contribution < -0.4 is 0 Å². The molecule has 0 aliphatic heterocycles. The number of hydrogen-bond acceptors (Lipinski definition) is 1. The molecule has 2 heteroatoms. The van der Waals surface area contributed by atoms with E-state index in [4.69, 9.17) is 0 Å². The molecule has 0 spiro atoms. The van der Waals surface area contributed by atoms with Crippen molar-refractivity contribution < 1.29 is 9.90 Å². The van der Waals surface area contributed by atoms with Crippen LogP contribution >= 0.6 is 0 Å². The van der Waals surface area contributed by atoms with E-state index in [0.717, 1.165) is 38.5 Å². The summed E-state index contributed by atoms with van der Waals surface area (Å²) in [5.41, 5.74) is 2.39. The minimum Gasteiger partial charge on any atom is -0.481 e. The summed E-state index contributed by atoms with van der Waals surface area (Å²) in [5.74, 6) is 1.00. The Balaban J connectivity index is 1.61. The van der Waals surface area contributed by atoms with Gasteiger partial charge < -0.3 is 5.11 Å². The van der Waals surface area contributed by atoms with E-state index < -0.39 is 11.4 Å². The van der Waals surface area contributed by atoms with Gasteiger partial charge in [0.25, 0.3) is 0 Å². The van der Waals surface area contributed by atoms with Crippen molar-refractivity contribution in [1.82, 2.24) is 0 Å². The Bertz CT molecular complexity index is 893. The van der Waals surface area contributed by atoms with Gasteiger partial charge in [0.05, 0.1) is 5.41 Å². The van der Waals surface area contributed by atoms with Crippen molar-refractivity contribution in [3.8, 4) is 0 Å². The van der Waals surface area contributed by atoms with Crippen molar-refractivity contribution in [3.63, 3.8) is 0 Å². The molecule has 5 aliphatic carbocycles. The molecule has 0 amide bonds. The van der Waals surface area contributed by atoms with Gasteiger partial charge in [-0.15, -0.1) is 0 Å². The Morgan fingerprint density at radius 3 is 2.31 bits per heavy atom. The van der Waals surface area contributed by atoms with Gasteiger partial charge in [0.2, 0.25) is 0 Å². The molecule has 3 saturated carbocycles. The number of carboxylic acids is 1. The van der Waals surface area contributed by atoms with Crippen LogP contribution in [0, 0.1) is 50.2 Å². The maximum atomic E-state index is 12.8. The Hall–Kier alpha value is -1.05. The van der Waals surface area contributed by atoms with Gasteiger partial charge >= 0.3 is 5.97 Å². The molecular weight excluding hydrogens is 392 g/mol. The highest BCUT2D eigenvalue weighted by molar-refractivity contribution is 5.75. The van der Waals surface area contributed by atoms with Crippen LogP contribution in [0.3, 0.4) is 0 Å². The fourth-order valence-corrected chi connectivity index (χ4v) is 10.2. The first kappa shape index (κ1) is 22.7. The molecule has 5 rings (SSSR count). The van der Waals surface area contributed by atoms with E-state index in [9.17, 15) is 9.90 Å². The summed E-state index contributed by atoms with van der Waals surface area (Å²) in [6, 6.07) is 0. The lowest BCUT2D eigenvalue weighted by Gasteiger charge is -2.69. The SMILES string of the molecule is CC1(C)CC[C@]2(C(=O)O)CC[C@]3(C)[C@H](CC=C4[C@@]5(C)CC=CC(C)(C)[C@@H]5CC[C@]43C)[C@@H]2C1. The lowest BCUT2D eigenvalue weighted by Crippen LogP contribution is -2.63. The number of rotatable bonds is 1. The minimum absolute atomic E-state index is 0.189. The largest absolute Gasteiger partial charge is 0.481 e. The molecule has 0 aromatic carbocycles. The second-order valence-electron chi connectivity index (χ2n) is 14.6. The van der Waals surface area contributed by atoms with Crippen molar-refractivity contribution in [2.24, 2.45) is 50.2 Å². The van der Waals surface area contributed by atoms with Gasteiger partial charge in [0.1, 0.15) is 0 Å². The van der Waals surface area contributed by atoms with Gasteiger partial charge in [0, 0.05) is 0 Å². The van der Waals surface area contributed by atoms with Crippen molar-refractivity contribution in [3.05, 3.63) is 23.8 Å². The summed E-state index contributed by atoms with van der Waals surface area (Å²) in [6.07, 6.45) is 17.4. The third-order valence-electron chi connectivity index (χ3n) is 12.3. The van der Waals surface area contributed by atoms with Crippen molar-refractivity contribution in [2.75, 3.05) is 0 Å². The second-order valence-corrected chi connectivity index (χ2v) is 14.6.